The third kappa shape index (κ3) is 2.54. The van der Waals surface area contributed by atoms with Gasteiger partial charge in [-0.05, 0) is 24.3 Å². The van der Waals surface area contributed by atoms with Crippen molar-refractivity contribution in [2.45, 2.75) is 0 Å². The van der Waals surface area contributed by atoms with Crippen LogP contribution in [0.15, 0.2) is 30.5 Å². The first kappa shape index (κ1) is 11.8. The Labute approximate surface area is 108 Å². The molecule has 0 amide bonds. The topological polar surface area (TPSA) is 85.4 Å². The summed E-state index contributed by atoms with van der Waals surface area (Å²) in [6, 6.07) is 10.3. The summed E-state index contributed by atoms with van der Waals surface area (Å²) in [5, 5.41) is 21.0. The summed E-state index contributed by atoms with van der Waals surface area (Å²) in [6.07, 6.45) is 1.46. The van der Waals surface area contributed by atoms with Gasteiger partial charge in [0.05, 0.1) is 11.3 Å². The van der Waals surface area contributed by atoms with Crippen LogP contribution in [0.4, 0.5) is 11.6 Å². The van der Waals surface area contributed by atoms with Gasteiger partial charge in [-0.3, -0.25) is 0 Å². The number of nitriles is 2. The van der Waals surface area contributed by atoms with Crippen LogP contribution in [0.1, 0.15) is 11.3 Å². The molecule has 0 radical (unpaired) electrons. The summed E-state index contributed by atoms with van der Waals surface area (Å²) in [4.78, 5) is 7.92. The highest BCUT2D eigenvalue weighted by atomic mass is 35.5. The third-order valence-electron chi connectivity index (χ3n) is 2.12. The zero-order valence-corrected chi connectivity index (χ0v) is 9.81. The largest absolute Gasteiger partial charge is 0.323 e. The van der Waals surface area contributed by atoms with Gasteiger partial charge >= 0.3 is 0 Å². The molecule has 0 aliphatic heterocycles. The number of hydrogen-bond donors (Lipinski definition) is 1. The molecule has 86 valence electrons. The zero-order chi connectivity index (χ0) is 13.0. The first-order chi connectivity index (χ1) is 8.72. The molecule has 0 saturated carbocycles. The average Bonchev–Trinajstić information content (AvgIpc) is 2.39. The maximum absolute atomic E-state index is 8.96. The van der Waals surface area contributed by atoms with E-state index in [1.54, 1.807) is 18.2 Å². The fourth-order valence-electron chi connectivity index (χ4n) is 1.32. The smallest absolute Gasteiger partial charge is 0.228 e. The highest BCUT2D eigenvalue weighted by Crippen LogP contribution is 2.22. The predicted octanol–water partition coefficient (Wildman–Crippen LogP) is 2.62. The highest BCUT2D eigenvalue weighted by Gasteiger charge is 2.05. The van der Waals surface area contributed by atoms with Gasteiger partial charge in [-0.2, -0.15) is 10.5 Å². The van der Waals surface area contributed by atoms with Crippen LogP contribution >= 0.6 is 11.6 Å². The van der Waals surface area contributed by atoms with Crippen LogP contribution in [0, 0.1) is 22.7 Å². The Balaban J connectivity index is 2.37. The lowest BCUT2D eigenvalue weighted by Gasteiger charge is -2.06. The van der Waals surface area contributed by atoms with Crippen molar-refractivity contribution >= 4 is 23.2 Å². The molecule has 2 rings (SSSR count). The van der Waals surface area contributed by atoms with E-state index >= 15 is 0 Å². The molecule has 1 heterocycles. The summed E-state index contributed by atoms with van der Waals surface area (Å²) in [5.74, 6) is 0.243. The molecule has 0 spiro atoms. The number of halogens is 1. The Bertz CT molecular complexity index is 669. The Morgan fingerprint density at radius 1 is 1.17 bits per heavy atom. The van der Waals surface area contributed by atoms with Crippen LogP contribution in [0.5, 0.6) is 0 Å². The van der Waals surface area contributed by atoms with E-state index < -0.39 is 0 Å². The van der Waals surface area contributed by atoms with Crippen molar-refractivity contribution in [1.82, 2.24) is 9.97 Å². The first-order valence-electron chi connectivity index (χ1n) is 4.93. The molecule has 0 saturated heterocycles. The quantitative estimate of drug-likeness (QED) is 0.891. The molecule has 0 unspecified atom stereocenters. The number of nitrogens with one attached hydrogen (secondary N) is 1. The molecule has 1 N–H and O–H groups in total. The lowest BCUT2D eigenvalue weighted by molar-refractivity contribution is 1.14. The maximum atomic E-state index is 8.96. The van der Waals surface area contributed by atoms with Crippen molar-refractivity contribution < 1.29 is 0 Å². The van der Waals surface area contributed by atoms with Crippen LogP contribution < -0.4 is 5.32 Å². The summed E-state index contributed by atoms with van der Waals surface area (Å²) in [6.45, 7) is 0. The molecule has 1 aromatic carbocycles. The number of rotatable bonds is 2. The number of nitrogens with zero attached hydrogens (tertiary/aromatic N) is 4. The van der Waals surface area contributed by atoms with Crippen LogP contribution in [0.3, 0.4) is 0 Å². The van der Waals surface area contributed by atoms with Crippen molar-refractivity contribution in [1.29, 1.82) is 10.5 Å². The zero-order valence-electron chi connectivity index (χ0n) is 9.05. The van der Waals surface area contributed by atoms with Gasteiger partial charge in [-0.1, -0.05) is 11.6 Å². The second-order valence-corrected chi connectivity index (χ2v) is 3.74. The van der Waals surface area contributed by atoms with E-state index in [2.05, 4.69) is 15.3 Å². The SMILES string of the molecule is N#Cc1ccnc(Nc2cc(Cl)ccc2C#N)n1. The van der Waals surface area contributed by atoms with Crippen LogP contribution in [0.2, 0.25) is 5.02 Å². The molecule has 0 aliphatic rings. The lowest BCUT2D eigenvalue weighted by atomic mass is 10.2. The molecule has 5 nitrogen and oxygen atoms in total. The van der Waals surface area contributed by atoms with Gasteiger partial charge in [-0.15, -0.1) is 0 Å². The number of hydrogen-bond acceptors (Lipinski definition) is 5. The highest BCUT2D eigenvalue weighted by molar-refractivity contribution is 6.30. The number of benzene rings is 1. The van der Waals surface area contributed by atoms with E-state index in [1.807, 2.05) is 12.1 Å². The second-order valence-electron chi connectivity index (χ2n) is 3.30. The van der Waals surface area contributed by atoms with Crippen molar-refractivity contribution in [3.63, 3.8) is 0 Å². The minimum Gasteiger partial charge on any atom is -0.323 e. The minimum absolute atomic E-state index is 0.243. The van der Waals surface area contributed by atoms with Crippen molar-refractivity contribution in [3.8, 4) is 12.1 Å². The normalized spacial score (nSPS) is 9.28. The molecule has 0 fully saturated rings. The van der Waals surface area contributed by atoms with Gasteiger partial charge in [0.2, 0.25) is 5.95 Å². The number of anilines is 2. The minimum atomic E-state index is 0.243. The first-order valence-corrected chi connectivity index (χ1v) is 5.30. The monoisotopic (exact) mass is 255 g/mol. The van der Waals surface area contributed by atoms with E-state index in [0.717, 1.165) is 0 Å². The molecule has 1 aromatic heterocycles. The van der Waals surface area contributed by atoms with E-state index in [4.69, 9.17) is 22.1 Å². The number of aromatic nitrogens is 2. The van der Waals surface area contributed by atoms with Gasteiger partial charge in [0.25, 0.3) is 0 Å². The van der Waals surface area contributed by atoms with Crippen molar-refractivity contribution in [2.75, 3.05) is 5.32 Å². The summed E-state index contributed by atoms with van der Waals surface area (Å²) >= 11 is 5.86. The average molecular weight is 256 g/mol. The fraction of sp³-hybridized carbons (Fsp3) is 0. The van der Waals surface area contributed by atoms with Crippen molar-refractivity contribution in [3.05, 3.63) is 46.7 Å². The van der Waals surface area contributed by atoms with E-state index in [9.17, 15) is 0 Å². The van der Waals surface area contributed by atoms with Gasteiger partial charge in [-0.25, -0.2) is 9.97 Å². The maximum Gasteiger partial charge on any atom is 0.228 e. The van der Waals surface area contributed by atoms with Crippen LogP contribution in [-0.4, -0.2) is 9.97 Å². The van der Waals surface area contributed by atoms with E-state index in [-0.39, 0.29) is 11.6 Å². The van der Waals surface area contributed by atoms with Gasteiger partial charge in [0.15, 0.2) is 0 Å². The molecular weight excluding hydrogens is 250 g/mol. The van der Waals surface area contributed by atoms with E-state index in [0.29, 0.717) is 16.3 Å². The molecule has 0 aliphatic carbocycles. The lowest BCUT2D eigenvalue weighted by Crippen LogP contribution is -1.99. The summed E-state index contributed by atoms with van der Waals surface area (Å²) in [7, 11) is 0. The molecule has 0 atom stereocenters. The second kappa shape index (κ2) is 5.13. The molecule has 2 aromatic rings. The van der Waals surface area contributed by atoms with Gasteiger partial charge < -0.3 is 5.32 Å². The predicted molar refractivity (Wildman–Crippen MR) is 66.2 cm³/mol. The molecule has 0 bridgehead atoms. The Morgan fingerprint density at radius 3 is 2.72 bits per heavy atom. The molecule has 6 heteroatoms. The van der Waals surface area contributed by atoms with Crippen LogP contribution in [-0.2, 0) is 0 Å². The third-order valence-corrected chi connectivity index (χ3v) is 2.35. The summed E-state index contributed by atoms with van der Waals surface area (Å²) in [5.41, 5.74) is 1.17. The van der Waals surface area contributed by atoms with Gasteiger partial charge in [0.1, 0.15) is 17.8 Å². The molecule has 18 heavy (non-hydrogen) atoms. The Hall–Kier alpha value is -2.63. The van der Waals surface area contributed by atoms with Crippen molar-refractivity contribution in [2.24, 2.45) is 0 Å². The van der Waals surface area contributed by atoms with Crippen LogP contribution in [0.25, 0.3) is 0 Å². The standard InChI is InChI=1S/C12H6ClN5/c13-9-2-1-8(6-14)11(5-9)18-12-16-4-3-10(7-15)17-12/h1-5H,(H,16,17,18). The fourth-order valence-corrected chi connectivity index (χ4v) is 1.49. The van der Waals surface area contributed by atoms with E-state index in [1.165, 1.54) is 12.3 Å². The Kier molecular flexibility index (Phi) is 3.38. The molecular formula is C12H6ClN5. The Morgan fingerprint density at radius 2 is 2.00 bits per heavy atom. The van der Waals surface area contributed by atoms with Gasteiger partial charge in [0, 0.05) is 11.2 Å². The summed E-state index contributed by atoms with van der Waals surface area (Å²) < 4.78 is 0.